The van der Waals surface area contributed by atoms with Gasteiger partial charge in [-0.15, -0.1) is 0 Å². The normalized spacial score (nSPS) is 13.2. The summed E-state index contributed by atoms with van der Waals surface area (Å²) in [4.78, 5) is 0. The van der Waals surface area contributed by atoms with Crippen LogP contribution in [0.3, 0.4) is 0 Å². The molecule has 0 spiro atoms. The van der Waals surface area contributed by atoms with Crippen molar-refractivity contribution in [2.45, 2.75) is 41.5 Å². The zero-order valence-electron chi connectivity index (χ0n) is 14.8. The molecule has 0 aliphatic heterocycles. The second-order valence-corrected chi connectivity index (χ2v) is 21.4. The predicted octanol–water partition coefficient (Wildman–Crippen LogP) is 3.47. The first-order valence-corrected chi connectivity index (χ1v) is 21.1. The summed E-state index contributed by atoms with van der Waals surface area (Å²) in [6, 6.07) is 0. The molecule has 0 heterocycles. The predicted molar refractivity (Wildman–Crippen MR) is 78.9 cm³/mol. The molecule has 132 valence electrons. The van der Waals surface area contributed by atoms with E-state index in [0.29, 0.717) is 39.6 Å². The van der Waals surface area contributed by atoms with Crippen molar-refractivity contribution in [1.82, 2.24) is 0 Å². The van der Waals surface area contributed by atoms with Gasteiger partial charge in [0.15, 0.2) is 0 Å². The third kappa shape index (κ3) is 8.37. The summed E-state index contributed by atoms with van der Waals surface area (Å²) in [6.45, 7) is 15.1. The van der Waals surface area contributed by atoms with E-state index in [1.807, 2.05) is 49.2 Å². The minimum atomic E-state index is -3.84. The molecule has 0 unspecified atom stereocenters. The molecule has 0 aliphatic rings. The van der Waals surface area contributed by atoms with Crippen LogP contribution in [-0.4, -0.2) is 39.6 Å². The van der Waals surface area contributed by atoms with E-state index in [1.165, 1.54) is 0 Å². The Morgan fingerprint density at radius 3 is 0.773 bits per heavy atom. The average molecular weight is 653 g/mol. The summed E-state index contributed by atoms with van der Waals surface area (Å²) in [5.41, 5.74) is 0. The molecule has 0 fully saturated rings. The summed E-state index contributed by atoms with van der Waals surface area (Å²) < 4.78 is 39.3. The molecule has 0 saturated heterocycles. The summed E-state index contributed by atoms with van der Waals surface area (Å²) >= 11 is -7.69. The average Bonchev–Trinajstić information content (AvgIpc) is 2.47. The molecule has 0 N–H and O–H groups in total. The van der Waals surface area contributed by atoms with Gasteiger partial charge in [0, 0.05) is 0 Å². The van der Waals surface area contributed by atoms with E-state index >= 15 is 0 Å². The van der Waals surface area contributed by atoms with Crippen molar-refractivity contribution in [1.29, 1.82) is 0 Å². The SMILES string of the molecule is CC[O][Hf]([CH]=[CH][Hf]([O]CC)([O]CC)[O]CC)([O]CC)[O]CC. The first-order chi connectivity index (χ1) is 10.6. The van der Waals surface area contributed by atoms with Crippen LogP contribution in [0.2, 0.25) is 0 Å². The van der Waals surface area contributed by atoms with Crippen LogP contribution < -0.4 is 0 Å². The topological polar surface area (TPSA) is 55.4 Å². The second kappa shape index (κ2) is 13.5. The Bertz CT molecular complexity index is 239. The molecule has 0 aromatic heterocycles. The van der Waals surface area contributed by atoms with Gasteiger partial charge in [0.2, 0.25) is 0 Å². The molecular weight excluding hydrogens is 621 g/mol. The Morgan fingerprint density at radius 2 is 0.636 bits per heavy atom. The minimum absolute atomic E-state index is 0.563. The summed E-state index contributed by atoms with van der Waals surface area (Å²) in [5.74, 6) is 0. The van der Waals surface area contributed by atoms with Gasteiger partial charge in [-0.25, -0.2) is 0 Å². The Labute approximate surface area is 147 Å². The zero-order chi connectivity index (χ0) is 16.9. The van der Waals surface area contributed by atoms with Crippen LogP contribution in [0.4, 0.5) is 0 Å². The van der Waals surface area contributed by atoms with Gasteiger partial charge in [0.05, 0.1) is 0 Å². The molecule has 0 amide bonds. The van der Waals surface area contributed by atoms with E-state index in [-0.39, 0.29) is 0 Å². The van der Waals surface area contributed by atoms with Crippen molar-refractivity contribution < 1.29 is 59.7 Å². The molecular formula is C14H32Hf2O6. The van der Waals surface area contributed by atoms with E-state index in [0.717, 1.165) is 0 Å². The molecule has 0 atom stereocenters. The van der Waals surface area contributed by atoms with E-state index in [9.17, 15) is 0 Å². The molecule has 0 saturated carbocycles. The maximum atomic E-state index is 5.90. The zero-order valence-corrected chi connectivity index (χ0v) is 22.0. The van der Waals surface area contributed by atoms with Crippen molar-refractivity contribution in [2.24, 2.45) is 0 Å². The fourth-order valence-corrected chi connectivity index (χ4v) is 28.0. The van der Waals surface area contributed by atoms with Gasteiger partial charge in [-0.2, -0.15) is 0 Å². The molecule has 0 radical (unpaired) electrons. The molecule has 0 aromatic rings. The molecule has 0 aromatic carbocycles. The monoisotopic (exact) mass is 656 g/mol. The van der Waals surface area contributed by atoms with Crippen LogP contribution in [0.15, 0.2) is 7.67 Å². The van der Waals surface area contributed by atoms with Gasteiger partial charge in [0.25, 0.3) is 0 Å². The van der Waals surface area contributed by atoms with E-state index < -0.39 is 42.6 Å². The second-order valence-electron chi connectivity index (χ2n) is 4.14. The Morgan fingerprint density at radius 1 is 0.455 bits per heavy atom. The first-order valence-electron chi connectivity index (χ1n) is 8.11. The Balaban J connectivity index is 5.40. The van der Waals surface area contributed by atoms with Crippen LogP contribution in [0.25, 0.3) is 0 Å². The summed E-state index contributed by atoms with van der Waals surface area (Å²) in [6.07, 6.45) is 0. The van der Waals surface area contributed by atoms with Crippen LogP contribution in [-0.2, 0) is 59.7 Å². The third-order valence-electron chi connectivity index (χ3n) is 2.56. The fourth-order valence-electron chi connectivity index (χ4n) is 1.95. The van der Waals surface area contributed by atoms with Crippen LogP contribution in [0, 0.1) is 0 Å². The maximum absolute atomic E-state index is 5.90. The number of hydrogen-bond donors (Lipinski definition) is 0. The quantitative estimate of drug-likeness (QED) is 0.268. The summed E-state index contributed by atoms with van der Waals surface area (Å²) in [7, 11) is 0. The molecule has 22 heavy (non-hydrogen) atoms. The Hall–Kier alpha value is 1.24. The van der Waals surface area contributed by atoms with Gasteiger partial charge in [0.1, 0.15) is 0 Å². The van der Waals surface area contributed by atoms with Crippen molar-refractivity contribution >= 4 is 0 Å². The molecule has 6 nitrogen and oxygen atoms in total. The van der Waals surface area contributed by atoms with E-state index in [2.05, 4.69) is 0 Å². The van der Waals surface area contributed by atoms with Crippen LogP contribution in [0.5, 0.6) is 0 Å². The van der Waals surface area contributed by atoms with Crippen molar-refractivity contribution in [3.05, 3.63) is 7.67 Å². The number of hydrogen-bond acceptors (Lipinski definition) is 6. The molecule has 0 bridgehead atoms. The summed E-state index contributed by atoms with van der Waals surface area (Å²) in [5, 5.41) is 0. The van der Waals surface area contributed by atoms with Crippen molar-refractivity contribution in [2.75, 3.05) is 39.6 Å². The molecule has 0 rings (SSSR count). The van der Waals surface area contributed by atoms with Crippen molar-refractivity contribution in [3.8, 4) is 0 Å². The van der Waals surface area contributed by atoms with Gasteiger partial charge in [-0.05, 0) is 0 Å². The van der Waals surface area contributed by atoms with Gasteiger partial charge in [-0.1, -0.05) is 0 Å². The fraction of sp³-hybridized carbons (Fsp3) is 0.857. The van der Waals surface area contributed by atoms with Gasteiger partial charge in [-0.3, -0.25) is 0 Å². The number of rotatable bonds is 14. The standard InChI is InChI=1S/6C2H5O.C2H2.2Hf/c6*1-2-3;1-2;;/h6*2H2,1H3;1-2H;;/q6*-1;;2*+3. The Kier molecular flexibility index (Phi) is 14.3. The molecule has 0 aliphatic carbocycles. The third-order valence-corrected chi connectivity index (χ3v) is 25.9. The van der Waals surface area contributed by atoms with E-state index in [1.54, 1.807) is 0 Å². The van der Waals surface area contributed by atoms with Crippen LogP contribution >= 0.6 is 0 Å². The van der Waals surface area contributed by atoms with Gasteiger partial charge >= 0.3 is 149 Å². The van der Waals surface area contributed by atoms with Gasteiger partial charge < -0.3 is 0 Å². The van der Waals surface area contributed by atoms with Crippen LogP contribution in [0.1, 0.15) is 41.5 Å². The van der Waals surface area contributed by atoms with E-state index in [4.69, 9.17) is 17.1 Å². The molecule has 8 heteroatoms. The van der Waals surface area contributed by atoms with Crippen molar-refractivity contribution in [3.63, 3.8) is 0 Å². The first kappa shape index (κ1) is 23.2.